The molecule has 5 nitrogen and oxygen atoms in total. The Kier molecular flexibility index (Phi) is 5.74. The fourth-order valence-electron chi connectivity index (χ4n) is 4.39. The van der Waals surface area contributed by atoms with Crippen molar-refractivity contribution in [1.82, 2.24) is 0 Å². The van der Waals surface area contributed by atoms with Crippen LogP contribution in [0.1, 0.15) is 66.3 Å². The molecule has 0 amide bonds. The Hall–Kier alpha value is -1.81. The molecule has 1 fully saturated rings. The summed E-state index contributed by atoms with van der Waals surface area (Å²) in [4.78, 5) is 0. The molecular formula is C23H29O5P. The highest BCUT2D eigenvalue weighted by molar-refractivity contribution is 7.53. The topological polar surface area (TPSA) is 65.0 Å². The van der Waals surface area contributed by atoms with Crippen LogP contribution < -0.4 is 4.74 Å². The van der Waals surface area contributed by atoms with E-state index in [0.29, 0.717) is 30.6 Å². The van der Waals surface area contributed by atoms with Gasteiger partial charge in [0.15, 0.2) is 6.35 Å². The third kappa shape index (κ3) is 4.23. The van der Waals surface area contributed by atoms with E-state index in [1.165, 1.54) is 22.3 Å². The average molecular weight is 416 g/mol. The van der Waals surface area contributed by atoms with Crippen LogP contribution in [-0.2, 0) is 20.0 Å². The van der Waals surface area contributed by atoms with Crippen LogP contribution >= 0.6 is 7.60 Å². The van der Waals surface area contributed by atoms with Gasteiger partial charge in [0.1, 0.15) is 11.5 Å². The highest BCUT2D eigenvalue weighted by Gasteiger charge is 2.30. The molecule has 0 spiro atoms. The van der Waals surface area contributed by atoms with Crippen molar-refractivity contribution < 1.29 is 23.5 Å². The second kappa shape index (κ2) is 8.14. The first kappa shape index (κ1) is 20.5. The Bertz CT molecular complexity index is 943. The lowest BCUT2D eigenvalue weighted by Crippen LogP contribution is -2.13. The van der Waals surface area contributed by atoms with Crippen LogP contribution in [0.5, 0.6) is 11.5 Å². The molecule has 2 aliphatic rings. The predicted octanol–water partition coefficient (Wildman–Crippen LogP) is 5.87. The first-order valence-corrected chi connectivity index (χ1v) is 12.1. The van der Waals surface area contributed by atoms with Crippen LogP contribution in [0, 0.1) is 6.92 Å². The van der Waals surface area contributed by atoms with Gasteiger partial charge in [-0.15, -0.1) is 0 Å². The summed E-state index contributed by atoms with van der Waals surface area (Å²) in [7, 11) is -3.14. The van der Waals surface area contributed by atoms with Crippen molar-refractivity contribution in [1.29, 1.82) is 0 Å². The van der Waals surface area contributed by atoms with E-state index in [9.17, 15) is 9.67 Å². The standard InChI is InChI=1S/C23H29O5P/c1-15(2)21-13-17(6-8-22(21)24)20-7-5-18-12-19(11-16(3)23(18)20)26-14-29(25)27-9-4-10-28-29/h6,8,11-13,15,20,24H,4-5,7,9-10,14H2,1-3H3/t20-/m1/s1. The van der Waals surface area contributed by atoms with Crippen molar-refractivity contribution in [3.63, 3.8) is 0 Å². The largest absolute Gasteiger partial charge is 0.508 e. The molecule has 1 N–H and O–H groups in total. The highest BCUT2D eigenvalue weighted by Crippen LogP contribution is 2.51. The summed E-state index contributed by atoms with van der Waals surface area (Å²) >= 11 is 0. The fraction of sp³-hybridized carbons (Fsp3) is 0.478. The van der Waals surface area contributed by atoms with E-state index in [0.717, 1.165) is 24.8 Å². The Balaban J connectivity index is 1.56. The molecule has 1 atom stereocenters. The number of hydrogen-bond donors (Lipinski definition) is 1. The van der Waals surface area contributed by atoms with E-state index >= 15 is 0 Å². The SMILES string of the molecule is Cc1cc(OCP2(=O)OCCCO2)cc2c1[C@@H](c1ccc(O)c(C(C)C)c1)CC2. The summed E-state index contributed by atoms with van der Waals surface area (Å²) in [6.45, 7) is 7.21. The van der Waals surface area contributed by atoms with Crippen molar-refractivity contribution in [2.24, 2.45) is 0 Å². The van der Waals surface area contributed by atoms with Crippen molar-refractivity contribution in [3.8, 4) is 11.5 Å². The summed E-state index contributed by atoms with van der Waals surface area (Å²) in [6.07, 6.45) is 2.72. The lowest BCUT2D eigenvalue weighted by atomic mass is 9.87. The molecule has 1 aliphatic carbocycles. The molecule has 0 unspecified atom stereocenters. The summed E-state index contributed by atoms with van der Waals surface area (Å²) in [5.74, 6) is 1.67. The molecule has 2 aromatic rings. The first-order chi connectivity index (χ1) is 13.9. The van der Waals surface area contributed by atoms with Gasteiger partial charge < -0.3 is 18.9 Å². The molecular weight excluding hydrogens is 387 g/mol. The number of phenolic OH excluding ortho intramolecular Hbond substituents is 1. The molecule has 0 aromatic heterocycles. The number of benzene rings is 2. The summed E-state index contributed by atoms with van der Waals surface area (Å²) < 4.78 is 28.9. The van der Waals surface area contributed by atoms with Gasteiger partial charge in [-0.05, 0) is 78.1 Å². The third-order valence-electron chi connectivity index (χ3n) is 5.83. The van der Waals surface area contributed by atoms with Gasteiger partial charge in [-0.2, -0.15) is 0 Å². The lowest BCUT2D eigenvalue weighted by Gasteiger charge is -2.23. The molecule has 1 saturated heterocycles. The van der Waals surface area contributed by atoms with Crippen molar-refractivity contribution in [2.75, 3.05) is 19.6 Å². The Morgan fingerprint density at radius 1 is 1.21 bits per heavy atom. The average Bonchev–Trinajstić information content (AvgIpc) is 3.12. The maximum atomic E-state index is 12.5. The molecule has 0 saturated carbocycles. The van der Waals surface area contributed by atoms with E-state index in [1.54, 1.807) is 0 Å². The summed E-state index contributed by atoms with van der Waals surface area (Å²) in [5.41, 5.74) is 6.02. The van der Waals surface area contributed by atoms with Gasteiger partial charge in [0.25, 0.3) is 0 Å². The fourth-order valence-corrected chi connectivity index (χ4v) is 5.73. The normalized spacial score (nSPS) is 20.6. The number of phenols is 1. The molecule has 4 rings (SSSR count). The number of hydrogen-bond acceptors (Lipinski definition) is 5. The van der Waals surface area contributed by atoms with Gasteiger partial charge in [-0.1, -0.05) is 26.0 Å². The summed E-state index contributed by atoms with van der Waals surface area (Å²) in [5, 5.41) is 10.2. The molecule has 1 heterocycles. The minimum atomic E-state index is -3.14. The maximum absolute atomic E-state index is 12.5. The van der Waals surface area contributed by atoms with Gasteiger partial charge in [-0.25, -0.2) is 0 Å². The first-order valence-electron chi connectivity index (χ1n) is 10.3. The van der Waals surface area contributed by atoms with E-state index in [2.05, 4.69) is 32.9 Å². The second-order valence-corrected chi connectivity index (χ2v) is 10.3. The van der Waals surface area contributed by atoms with Crippen molar-refractivity contribution in [3.05, 3.63) is 58.1 Å². The molecule has 1 aliphatic heterocycles. The number of fused-ring (bicyclic) bond motifs is 1. The van der Waals surface area contributed by atoms with Crippen molar-refractivity contribution in [2.45, 2.75) is 51.9 Å². The summed E-state index contributed by atoms with van der Waals surface area (Å²) in [6, 6.07) is 10.1. The monoisotopic (exact) mass is 416 g/mol. The molecule has 156 valence electrons. The van der Waals surface area contributed by atoms with E-state index in [1.807, 2.05) is 18.2 Å². The second-order valence-electron chi connectivity index (χ2n) is 8.28. The molecule has 0 radical (unpaired) electrons. The van der Waals surface area contributed by atoms with Gasteiger partial charge >= 0.3 is 7.60 Å². The van der Waals surface area contributed by atoms with Crippen LogP contribution in [0.4, 0.5) is 0 Å². The minimum Gasteiger partial charge on any atom is -0.508 e. The van der Waals surface area contributed by atoms with E-state index in [-0.39, 0.29) is 12.3 Å². The maximum Gasteiger partial charge on any atom is 0.367 e. The number of ether oxygens (including phenoxy) is 1. The van der Waals surface area contributed by atoms with Gasteiger partial charge in [0, 0.05) is 5.92 Å². The number of aromatic hydroxyl groups is 1. The van der Waals surface area contributed by atoms with Crippen LogP contribution in [-0.4, -0.2) is 24.7 Å². The van der Waals surface area contributed by atoms with Gasteiger partial charge in [-0.3, -0.25) is 4.57 Å². The van der Waals surface area contributed by atoms with Gasteiger partial charge in [0.2, 0.25) is 0 Å². The lowest BCUT2D eigenvalue weighted by molar-refractivity contribution is 0.132. The van der Waals surface area contributed by atoms with Crippen LogP contribution in [0.25, 0.3) is 0 Å². The highest BCUT2D eigenvalue weighted by atomic mass is 31.2. The molecule has 6 heteroatoms. The quantitative estimate of drug-likeness (QED) is 0.618. The predicted molar refractivity (Wildman–Crippen MR) is 113 cm³/mol. The number of aryl methyl sites for hydroxylation is 2. The minimum absolute atomic E-state index is 0.0512. The Labute approximate surface area is 172 Å². The molecule has 2 aromatic carbocycles. The molecule has 0 bridgehead atoms. The zero-order chi connectivity index (χ0) is 20.6. The van der Waals surface area contributed by atoms with Crippen LogP contribution in [0.15, 0.2) is 30.3 Å². The van der Waals surface area contributed by atoms with Gasteiger partial charge in [0.05, 0.1) is 13.2 Å². The van der Waals surface area contributed by atoms with E-state index < -0.39 is 7.60 Å². The Morgan fingerprint density at radius 2 is 1.97 bits per heavy atom. The zero-order valence-corrected chi connectivity index (χ0v) is 18.2. The van der Waals surface area contributed by atoms with Crippen LogP contribution in [0.3, 0.4) is 0 Å². The molecule has 29 heavy (non-hydrogen) atoms. The van der Waals surface area contributed by atoms with Crippen LogP contribution in [0.2, 0.25) is 0 Å². The van der Waals surface area contributed by atoms with E-state index in [4.69, 9.17) is 13.8 Å². The van der Waals surface area contributed by atoms with Crippen molar-refractivity contribution >= 4 is 7.60 Å². The third-order valence-corrected chi connectivity index (χ3v) is 7.42. The Morgan fingerprint density at radius 3 is 2.69 bits per heavy atom. The zero-order valence-electron chi connectivity index (χ0n) is 17.3. The smallest absolute Gasteiger partial charge is 0.367 e. The number of rotatable bonds is 5.